The van der Waals surface area contributed by atoms with Crippen molar-refractivity contribution in [2.24, 2.45) is 5.92 Å². The highest BCUT2D eigenvalue weighted by atomic mass is 16.6. The number of fused-ring (bicyclic) bond motifs is 1. The van der Waals surface area contributed by atoms with Crippen molar-refractivity contribution in [3.63, 3.8) is 0 Å². The molecule has 1 amide bonds. The Hall–Kier alpha value is -3.51. The minimum Gasteiger partial charge on any atom is -0.486 e. The topological polar surface area (TPSA) is 60.0 Å². The molecule has 0 aromatic heterocycles. The molecular formula is C28H30N2O4. The quantitative estimate of drug-likeness (QED) is 0.562. The number of ether oxygens (including phenoxy) is 3. The van der Waals surface area contributed by atoms with Crippen LogP contribution in [-0.2, 0) is 0 Å². The van der Waals surface area contributed by atoms with Gasteiger partial charge in [0, 0.05) is 37.2 Å². The van der Waals surface area contributed by atoms with E-state index in [9.17, 15) is 4.79 Å². The van der Waals surface area contributed by atoms with E-state index in [-0.39, 0.29) is 24.0 Å². The van der Waals surface area contributed by atoms with Crippen LogP contribution in [0.4, 0.5) is 4.79 Å². The number of likely N-dealkylation sites (tertiary alicyclic amines) is 1. The molecule has 0 aliphatic carbocycles. The zero-order valence-corrected chi connectivity index (χ0v) is 19.4. The van der Waals surface area contributed by atoms with Crippen LogP contribution < -0.4 is 19.5 Å². The number of hydrogen-bond acceptors (Lipinski definition) is 5. The van der Waals surface area contributed by atoms with Crippen LogP contribution >= 0.6 is 0 Å². The summed E-state index contributed by atoms with van der Waals surface area (Å²) in [5.74, 6) is 2.68. The number of nitrogens with one attached hydrogen (secondary N) is 1. The zero-order chi connectivity index (χ0) is 23.3. The highest BCUT2D eigenvalue weighted by Gasteiger charge is 2.37. The summed E-state index contributed by atoms with van der Waals surface area (Å²) >= 11 is 0. The molecule has 1 fully saturated rings. The molecule has 1 N–H and O–H groups in total. The molecule has 176 valence electrons. The lowest BCUT2D eigenvalue weighted by Gasteiger charge is -2.26. The summed E-state index contributed by atoms with van der Waals surface area (Å²) in [4.78, 5) is 14.7. The van der Waals surface area contributed by atoms with Gasteiger partial charge in [-0.2, -0.15) is 0 Å². The zero-order valence-electron chi connectivity index (χ0n) is 19.4. The van der Waals surface area contributed by atoms with Crippen LogP contribution in [0.5, 0.6) is 17.2 Å². The molecule has 3 aromatic carbocycles. The number of benzene rings is 3. The number of amides is 1. The maximum atomic E-state index is 12.9. The van der Waals surface area contributed by atoms with Crippen molar-refractivity contribution in [3.8, 4) is 17.2 Å². The molecule has 1 saturated heterocycles. The van der Waals surface area contributed by atoms with Crippen LogP contribution in [0, 0.1) is 5.92 Å². The predicted octanol–water partition coefficient (Wildman–Crippen LogP) is 5.02. The summed E-state index contributed by atoms with van der Waals surface area (Å²) in [5.41, 5.74) is 2.33. The fraction of sp³-hybridized carbons (Fsp3) is 0.321. The maximum absolute atomic E-state index is 12.9. The molecule has 5 rings (SSSR count). The number of hydrogen-bond donors (Lipinski definition) is 1. The summed E-state index contributed by atoms with van der Waals surface area (Å²) in [7, 11) is 0. The minimum absolute atomic E-state index is 0.0818. The largest absolute Gasteiger partial charge is 0.486 e. The number of rotatable bonds is 6. The number of carbonyl (C=O) groups is 1. The normalized spacial score (nSPS) is 20.1. The fourth-order valence-corrected chi connectivity index (χ4v) is 4.83. The van der Waals surface area contributed by atoms with Gasteiger partial charge in [-0.05, 0) is 36.6 Å². The molecule has 6 nitrogen and oxygen atoms in total. The summed E-state index contributed by atoms with van der Waals surface area (Å²) in [6.45, 7) is 5.31. The van der Waals surface area contributed by atoms with Crippen molar-refractivity contribution in [2.75, 3.05) is 32.8 Å². The number of carbonyl (C=O) groups excluding carboxylic acids is 1. The van der Waals surface area contributed by atoms with Crippen molar-refractivity contribution in [2.45, 2.75) is 18.9 Å². The van der Waals surface area contributed by atoms with Crippen molar-refractivity contribution < 1.29 is 19.0 Å². The van der Waals surface area contributed by atoms with Crippen LogP contribution in [0.15, 0.2) is 78.9 Å². The third-order valence-electron chi connectivity index (χ3n) is 6.62. The van der Waals surface area contributed by atoms with Crippen molar-refractivity contribution >= 4 is 6.09 Å². The van der Waals surface area contributed by atoms with E-state index in [2.05, 4.69) is 42.6 Å². The Morgan fingerprint density at radius 2 is 1.71 bits per heavy atom. The summed E-state index contributed by atoms with van der Waals surface area (Å²) < 4.78 is 17.3. The Kier molecular flexibility index (Phi) is 6.67. The predicted molar refractivity (Wildman–Crippen MR) is 131 cm³/mol. The van der Waals surface area contributed by atoms with Gasteiger partial charge in [-0.25, -0.2) is 4.79 Å². The molecule has 34 heavy (non-hydrogen) atoms. The first kappa shape index (κ1) is 22.3. The first-order valence-electron chi connectivity index (χ1n) is 11.9. The monoisotopic (exact) mass is 458 g/mol. The Morgan fingerprint density at radius 1 is 0.971 bits per heavy atom. The summed E-state index contributed by atoms with van der Waals surface area (Å²) in [6, 6.07) is 25.8. The molecule has 3 atom stereocenters. The van der Waals surface area contributed by atoms with Crippen molar-refractivity contribution in [1.29, 1.82) is 0 Å². The highest BCUT2D eigenvalue weighted by Crippen LogP contribution is 2.38. The van der Waals surface area contributed by atoms with E-state index in [4.69, 9.17) is 14.2 Å². The van der Waals surface area contributed by atoms with E-state index in [1.54, 1.807) is 12.1 Å². The first-order chi connectivity index (χ1) is 16.7. The molecule has 0 radical (unpaired) electrons. The van der Waals surface area contributed by atoms with Crippen LogP contribution in [0.25, 0.3) is 0 Å². The van der Waals surface area contributed by atoms with E-state index in [0.29, 0.717) is 32.1 Å². The summed E-state index contributed by atoms with van der Waals surface area (Å²) in [5, 5.41) is 3.69. The average molecular weight is 459 g/mol. The Labute approximate surface area is 200 Å². The standard InChI is InChI=1S/C28H30N2O4/c1-20(24-13-8-14-26-27(24)33-16-15-32-26)29-17-22-18-30(19-25(22)21-9-4-2-5-10-21)28(31)34-23-11-6-3-7-12-23/h2-14,20,22,25,29H,15-19H2,1H3/t20?,22-,25+/m0/s1. The van der Waals surface area contributed by atoms with Gasteiger partial charge in [0.05, 0.1) is 0 Å². The fourth-order valence-electron chi connectivity index (χ4n) is 4.83. The molecule has 2 heterocycles. The Bertz CT molecular complexity index is 1110. The third-order valence-corrected chi connectivity index (χ3v) is 6.62. The van der Waals surface area contributed by atoms with Gasteiger partial charge in [-0.15, -0.1) is 0 Å². The SMILES string of the molecule is CC(NC[C@H]1CN(C(=O)Oc2ccccc2)C[C@@H]1c1ccccc1)c1cccc2c1OCCO2. The molecule has 3 aromatic rings. The van der Waals surface area contributed by atoms with Crippen LogP contribution in [0.1, 0.15) is 30.0 Å². The van der Waals surface area contributed by atoms with Crippen LogP contribution in [0.2, 0.25) is 0 Å². The van der Waals surface area contributed by atoms with Gasteiger partial charge in [0.15, 0.2) is 11.5 Å². The van der Waals surface area contributed by atoms with E-state index < -0.39 is 0 Å². The summed E-state index contributed by atoms with van der Waals surface area (Å²) in [6.07, 6.45) is -0.301. The molecule has 1 unspecified atom stereocenters. The Morgan fingerprint density at radius 3 is 2.50 bits per heavy atom. The average Bonchev–Trinajstić information content (AvgIpc) is 3.32. The lowest BCUT2D eigenvalue weighted by Crippen LogP contribution is -2.33. The van der Waals surface area contributed by atoms with E-state index in [1.165, 1.54) is 5.56 Å². The Balaban J connectivity index is 1.29. The highest BCUT2D eigenvalue weighted by molar-refractivity contribution is 5.71. The van der Waals surface area contributed by atoms with E-state index in [0.717, 1.165) is 23.6 Å². The van der Waals surface area contributed by atoms with Gasteiger partial charge in [-0.1, -0.05) is 60.7 Å². The first-order valence-corrected chi connectivity index (χ1v) is 11.9. The lowest BCUT2D eigenvalue weighted by atomic mass is 9.88. The molecule has 0 spiro atoms. The van der Waals surface area contributed by atoms with E-state index in [1.807, 2.05) is 41.3 Å². The maximum Gasteiger partial charge on any atom is 0.415 e. The molecule has 2 aliphatic rings. The molecule has 2 aliphatic heterocycles. The number of para-hydroxylation sites is 2. The molecule has 0 saturated carbocycles. The van der Waals surface area contributed by atoms with Gasteiger partial charge < -0.3 is 24.4 Å². The van der Waals surface area contributed by atoms with E-state index >= 15 is 0 Å². The second-order valence-corrected chi connectivity index (χ2v) is 8.86. The lowest BCUT2D eigenvalue weighted by molar-refractivity contribution is 0.160. The smallest absolute Gasteiger partial charge is 0.415 e. The van der Waals surface area contributed by atoms with Crippen molar-refractivity contribution in [1.82, 2.24) is 10.2 Å². The van der Waals surface area contributed by atoms with Gasteiger partial charge in [-0.3, -0.25) is 0 Å². The minimum atomic E-state index is -0.301. The second-order valence-electron chi connectivity index (χ2n) is 8.86. The van der Waals surface area contributed by atoms with Gasteiger partial charge >= 0.3 is 6.09 Å². The van der Waals surface area contributed by atoms with Gasteiger partial charge in [0.25, 0.3) is 0 Å². The van der Waals surface area contributed by atoms with Gasteiger partial charge in [0.1, 0.15) is 19.0 Å². The second kappa shape index (κ2) is 10.2. The molecular weight excluding hydrogens is 428 g/mol. The molecule has 6 heteroatoms. The van der Waals surface area contributed by atoms with Crippen LogP contribution in [-0.4, -0.2) is 43.8 Å². The van der Waals surface area contributed by atoms with Crippen LogP contribution in [0.3, 0.4) is 0 Å². The number of nitrogens with zero attached hydrogens (tertiary/aromatic N) is 1. The van der Waals surface area contributed by atoms with Crippen molar-refractivity contribution in [3.05, 3.63) is 90.0 Å². The molecule has 0 bridgehead atoms. The third kappa shape index (κ3) is 4.87. The van der Waals surface area contributed by atoms with Gasteiger partial charge in [0.2, 0.25) is 0 Å².